The van der Waals surface area contributed by atoms with Gasteiger partial charge in [-0.3, -0.25) is 4.99 Å². The molecule has 0 saturated heterocycles. The molecule has 0 heterocycles. The Kier molecular flexibility index (Phi) is 12.3. The van der Waals surface area contributed by atoms with Crippen LogP contribution in [0.25, 0.3) is 6.08 Å². The van der Waals surface area contributed by atoms with Gasteiger partial charge in [-0.1, -0.05) is 116 Å². The Bertz CT molecular complexity index is 1250. The van der Waals surface area contributed by atoms with Crippen LogP contribution < -0.4 is 0 Å². The Morgan fingerprint density at radius 3 is 2.74 bits per heavy atom. The zero-order valence-corrected chi connectivity index (χ0v) is 23.4. The first-order valence-electron chi connectivity index (χ1n) is 14.0. The van der Waals surface area contributed by atoms with E-state index in [4.69, 9.17) is 4.99 Å². The predicted molar refractivity (Wildman–Crippen MR) is 170 cm³/mol. The predicted octanol–water partition coefficient (Wildman–Crippen LogP) is 10.5. The average molecular weight is 502 g/mol. The molecular formula is C37H43N. The van der Waals surface area contributed by atoms with Crippen LogP contribution in [0.15, 0.2) is 137 Å². The van der Waals surface area contributed by atoms with Crippen LogP contribution in [-0.4, -0.2) is 6.21 Å². The lowest BCUT2D eigenvalue weighted by Crippen LogP contribution is -2.05. The summed E-state index contributed by atoms with van der Waals surface area (Å²) in [4.78, 5) is 4.96. The number of aryl methyl sites for hydroxylation is 1. The fourth-order valence-corrected chi connectivity index (χ4v) is 4.70. The second kappa shape index (κ2) is 16.2. The van der Waals surface area contributed by atoms with Gasteiger partial charge >= 0.3 is 0 Å². The Morgan fingerprint density at radius 1 is 1.11 bits per heavy atom. The minimum Gasteiger partial charge on any atom is -0.256 e. The summed E-state index contributed by atoms with van der Waals surface area (Å²) < 4.78 is 0. The van der Waals surface area contributed by atoms with E-state index in [0.717, 1.165) is 49.8 Å². The summed E-state index contributed by atoms with van der Waals surface area (Å²) >= 11 is 0. The number of hydrogen-bond donors (Lipinski definition) is 0. The lowest BCUT2D eigenvalue weighted by atomic mass is 9.83. The van der Waals surface area contributed by atoms with Crippen LogP contribution >= 0.6 is 0 Å². The Labute approximate surface area is 231 Å². The fourth-order valence-electron chi connectivity index (χ4n) is 4.70. The number of aliphatic imine (C=N–C) groups is 1. The van der Waals surface area contributed by atoms with Gasteiger partial charge in [0.05, 0.1) is 5.70 Å². The summed E-state index contributed by atoms with van der Waals surface area (Å²) in [6, 6.07) is 6.81. The van der Waals surface area contributed by atoms with Gasteiger partial charge in [0, 0.05) is 12.1 Å². The van der Waals surface area contributed by atoms with Gasteiger partial charge in [-0.15, -0.1) is 6.58 Å². The van der Waals surface area contributed by atoms with E-state index in [1.807, 2.05) is 25.3 Å². The first-order valence-corrected chi connectivity index (χ1v) is 14.0. The lowest BCUT2D eigenvalue weighted by Gasteiger charge is -2.22. The molecule has 0 aliphatic heterocycles. The van der Waals surface area contributed by atoms with E-state index in [2.05, 4.69) is 118 Å². The van der Waals surface area contributed by atoms with Crippen molar-refractivity contribution in [3.8, 4) is 0 Å². The Hall–Kier alpha value is -3.71. The molecule has 0 amide bonds. The SMILES string of the molecule is C=CC/C=C/C=C(\C=C/C)C(=C/CC1=CCC(c2cccc3c2C=CCC3)C=C1)/N=C\C(=C/C=C\C)CC. The van der Waals surface area contributed by atoms with Crippen LogP contribution in [0.4, 0.5) is 0 Å². The maximum absolute atomic E-state index is 4.96. The molecule has 2 aliphatic rings. The largest absolute Gasteiger partial charge is 0.256 e. The molecule has 0 N–H and O–H groups in total. The Balaban J connectivity index is 1.83. The maximum Gasteiger partial charge on any atom is 0.0665 e. The highest BCUT2D eigenvalue weighted by molar-refractivity contribution is 5.80. The zero-order valence-electron chi connectivity index (χ0n) is 23.4. The molecule has 1 atom stereocenters. The Morgan fingerprint density at radius 2 is 2.00 bits per heavy atom. The summed E-state index contributed by atoms with van der Waals surface area (Å²) in [7, 11) is 0. The van der Waals surface area contributed by atoms with Gasteiger partial charge in [0.2, 0.25) is 0 Å². The quantitative estimate of drug-likeness (QED) is 0.153. The highest BCUT2D eigenvalue weighted by Gasteiger charge is 2.17. The van der Waals surface area contributed by atoms with Crippen LogP contribution in [0.3, 0.4) is 0 Å². The number of benzene rings is 1. The van der Waals surface area contributed by atoms with Crippen molar-refractivity contribution in [2.24, 2.45) is 4.99 Å². The van der Waals surface area contributed by atoms with Crippen LogP contribution in [0.5, 0.6) is 0 Å². The molecule has 2 aliphatic carbocycles. The summed E-state index contributed by atoms with van der Waals surface area (Å²) in [6.45, 7) is 10.1. The van der Waals surface area contributed by atoms with E-state index >= 15 is 0 Å². The van der Waals surface area contributed by atoms with E-state index in [-0.39, 0.29) is 0 Å². The fraction of sp³-hybridized carbons (Fsp3) is 0.270. The molecule has 1 aromatic carbocycles. The third-order valence-corrected chi connectivity index (χ3v) is 6.84. The molecule has 196 valence electrons. The first-order chi connectivity index (χ1) is 18.7. The molecule has 1 nitrogen and oxygen atoms in total. The van der Waals surface area contributed by atoms with Crippen molar-refractivity contribution in [2.75, 3.05) is 0 Å². The smallest absolute Gasteiger partial charge is 0.0665 e. The van der Waals surface area contributed by atoms with Crippen molar-refractivity contribution in [1.82, 2.24) is 0 Å². The van der Waals surface area contributed by atoms with Gasteiger partial charge in [0.1, 0.15) is 0 Å². The van der Waals surface area contributed by atoms with Crippen LogP contribution in [0.2, 0.25) is 0 Å². The molecule has 0 bridgehead atoms. The van der Waals surface area contributed by atoms with E-state index in [1.165, 1.54) is 27.8 Å². The summed E-state index contributed by atoms with van der Waals surface area (Å²) in [5.41, 5.74) is 9.02. The third kappa shape index (κ3) is 8.70. The van der Waals surface area contributed by atoms with Gasteiger partial charge in [-0.2, -0.15) is 0 Å². The second-order valence-electron chi connectivity index (χ2n) is 9.59. The van der Waals surface area contributed by atoms with Crippen molar-refractivity contribution in [3.63, 3.8) is 0 Å². The van der Waals surface area contributed by atoms with Crippen molar-refractivity contribution in [2.45, 2.75) is 65.2 Å². The van der Waals surface area contributed by atoms with Crippen LogP contribution in [0.1, 0.15) is 75.5 Å². The number of fused-ring (bicyclic) bond motifs is 1. The number of rotatable bonds is 12. The number of nitrogens with zero attached hydrogens (tertiary/aromatic N) is 1. The molecule has 3 rings (SSSR count). The lowest BCUT2D eigenvalue weighted by molar-refractivity contribution is 0.830. The minimum absolute atomic E-state index is 0.440. The van der Waals surface area contributed by atoms with Gasteiger partial charge in [0.15, 0.2) is 0 Å². The molecular weight excluding hydrogens is 458 g/mol. The van der Waals surface area contributed by atoms with E-state index in [1.54, 1.807) is 0 Å². The van der Waals surface area contributed by atoms with Crippen molar-refractivity contribution >= 4 is 12.3 Å². The third-order valence-electron chi connectivity index (χ3n) is 6.84. The second-order valence-corrected chi connectivity index (χ2v) is 9.59. The van der Waals surface area contributed by atoms with Crippen molar-refractivity contribution in [1.29, 1.82) is 0 Å². The molecule has 0 spiro atoms. The van der Waals surface area contributed by atoms with Crippen LogP contribution in [-0.2, 0) is 6.42 Å². The van der Waals surface area contributed by atoms with Crippen LogP contribution in [0, 0.1) is 0 Å². The first kappa shape index (κ1) is 28.9. The number of hydrogen-bond acceptors (Lipinski definition) is 1. The molecule has 1 unspecified atom stereocenters. The molecule has 0 aromatic heterocycles. The van der Waals surface area contributed by atoms with Gasteiger partial charge in [-0.25, -0.2) is 0 Å². The standard InChI is InChI=1S/C37H43N/c1-5-9-11-12-19-34(16-7-3)37(38-29-30(8-4)17-10-6-2)28-25-31-23-26-33(27-24-31)36-22-15-20-32-18-13-14-21-35(32)36/h5-7,10-12,14-17,19-24,26,28-29,33H,1,8-9,13,18,25,27H2,2-4H3/b10-6-,12-11+,16-7-,30-17-,34-19+,37-28-,38-29-. The zero-order chi connectivity index (χ0) is 27.0. The maximum atomic E-state index is 4.96. The van der Waals surface area contributed by atoms with Crippen molar-refractivity contribution in [3.05, 3.63) is 149 Å². The summed E-state index contributed by atoms with van der Waals surface area (Å²) in [5.74, 6) is 0.440. The summed E-state index contributed by atoms with van der Waals surface area (Å²) in [6.07, 6.45) is 40.7. The number of allylic oxidation sites excluding steroid dienone is 16. The molecule has 38 heavy (non-hydrogen) atoms. The molecule has 1 aromatic rings. The van der Waals surface area contributed by atoms with Gasteiger partial charge < -0.3 is 0 Å². The monoisotopic (exact) mass is 501 g/mol. The topological polar surface area (TPSA) is 12.4 Å². The average Bonchev–Trinajstić information content (AvgIpc) is 2.96. The molecule has 1 heteroatoms. The summed E-state index contributed by atoms with van der Waals surface area (Å²) in [5, 5.41) is 0. The van der Waals surface area contributed by atoms with Gasteiger partial charge in [-0.05, 0) is 85.8 Å². The molecule has 0 saturated carbocycles. The molecule has 0 fully saturated rings. The normalized spacial score (nSPS) is 18.8. The van der Waals surface area contributed by atoms with E-state index < -0.39 is 0 Å². The van der Waals surface area contributed by atoms with Crippen molar-refractivity contribution < 1.29 is 0 Å². The highest BCUT2D eigenvalue weighted by atomic mass is 14.7. The van der Waals surface area contributed by atoms with E-state index in [0.29, 0.717) is 5.92 Å². The van der Waals surface area contributed by atoms with Gasteiger partial charge in [0.25, 0.3) is 0 Å². The highest BCUT2D eigenvalue weighted by Crippen LogP contribution is 2.34. The molecule has 0 radical (unpaired) electrons. The minimum atomic E-state index is 0.440. The van der Waals surface area contributed by atoms with E-state index in [9.17, 15) is 0 Å².